The molecule has 8 fully saturated rings. The van der Waals surface area contributed by atoms with E-state index in [-0.39, 0.29) is 47.7 Å². The summed E-state index contributed by atoms with van der Waals surface area (Å²) in [7, 11) is -4.87. The van der Waals surface area contributed by atoms with Gasteiger partial charge in [0, 0.05) is 6.42 Å². The Labute approximate surface area is 495 Å². The molecule has 5 aliphatic heterocycles. The number of carbonyl (C=O) groups is 1. The maximum absolute atomic E-state index is 13.1. The minimum Gasteiger partial charge on any atom is -0.394 e. The molecule has 0 aromatic heterocycles. The van der Waals surface area contributed by atoms with Crippen LogP contribution >= 0.6 is 0 Å². The molecule has 3 saturated carbocycles. The first-order valence-electron chi connectivity index (χ1n) is 30.0. The highest BCUT2D eigenvalue weighted by molar-refractivity contribution is 7.80. The number of hydrogen-bond donors (Lipinski definition) is 13. The van der Waals surface area contributed by atoms with Gasteiger partial charge >= 0.3 is 10.4 Å². The molecule has 0 spiro atoms. The summed E-state index contributed by atoms with van der Waals surface area (Å²) in [5, 5.41) is 135. The Balaban J connectivity index is 1.00. The van der Waals surface area contributed by atoms with Gasteiger partial charge < -0.3 is 109 Å². The van der Waals surface area contributed by atoms with Crippen LogP contribution in [-0.2, 0) is 66.7 Å². The molecule has 0 radical (unpaired) electrons. The summed E-state index contributed by atoms with van der Waals surface area (Å²) in [5.74, 6) is -0.0363. The van der Waals surface area contributed by atoms with Crippen molar-refractivity contribution in [2.24, 2.45) is 40.4 Å². The number of carbonyl (C=O) groups excluding carboxylic acids is 1. The lowest BCUT2D eigenvalue weighted by molar-refractivity contribution is -0.408. The van der Waals surface area contributed by atoms with Crippen LogP contribution in [0.1, 0.15) is 114 Å². The molecule has 33 unspecified atom stereocenters. The van der Waals surface area contributed by atoms with Gasteiger partial charge in [0.05, 0.1) is 43.2 Å². The number of fused-ring (bicyclic) bond motifs is 5. The molecule has 5 saturated heterocycles. The topological polar surface area (TPSA) is 416 Å². The van der Waals surface area contributed by atoms with Crippen molar-refractivity contribution >= 4 is 16.2 Å². The molecule has 85 heavy (non-hydrogen) atoms. The van der Waals surface area contributed by atoms with Crippen LogP contribution in [0.3, 0.4) is 0 Å². The molecule has 0 amide bonds. The minimum atomic E-state index is -4.87. The van der Waals surface area contributed by atoms with Gasteiger partial charge in [0.15, 0.2) is 37.2 Å². The molecule has 9 aliphatic rings. The van der Waals surface area contributed by atoms with Crippen LogP contribution in [0, 0.1) is 40.4 Å². The second-order valence-electron chi connectivity index (χ2n) is 26.4. The van der Waals surface area contributed by atoms with E-state index in [0.29, 0.717) is 19.3 Å². The van der Waals surface area contributed by atoms with E-state index in [2.05, 4.69) is 19.9 Å². The third kappa shape index (κ3) is 13.4. The van der Waals surface area contributed by atoms with E-state index >= 15 is 0 Å². The third-order valence-electron chi connectivity index (χ3n) is 20.2. The summed E-state index contributed by atoms with van der Waals surface area (Å²) >= 11 is 0. The van der Waals surface area contributed by atoms with E-state index in [0.717, 1.165) is 24.8 Å². The highest BCUT2D eigenvalue weighted by atomic mass is 32.3. The normalized spacial score (nSPS) is 51.6. The second-order valence-corrected chi connectivity index (χ2v) is 27.4. The Bertz CT molecular complexity index is 2470. The first kappa shape index (κ1) is 67.5. The Morgan fingerprint density at radius 2 is 1.12 bits per heavy atom. The SMILES string of the molecule is CC(=CC(=O)CC(C)C)C1CCC2C3CC(OC4OC(C)C(O)C(OC5OC(CO)C(OC6OC(C)C(O)C(O)C6OC6OC(C)C(O)C(O)C6O)C(O)C5OC5OC(C)C(O)C(O)C5O)C4O)C4CC(OS(=O)(=O)O)CCC4(C)C3=CCC12C. The Morgan fingerprint density at radius 1 is 0.612 bits per heavy atom. The fraction of sp³-hybridized carbons (Fsp3) is 0.912. The van der Waals surface area contributed by atoms with E-state index in [1.54, 1.807) is 6.08 Å². The summed E-state index contributed by atoms with van der Waals surface area (Å²) in [5.41, 5.74) is 1.38. The van der Waals surface area contributed by atoms with Crippen molar-refractivity contribution in [2.45, 2.75) is 279 Å². The van der Waals surface area contributed by atoms with Crippen LogP contribution in [-0.4, -0.2) is 252 Å². The molecule has 28 heteroatoms. The van der Waals surface area contributed by atoms with Crippen molar-refractivity contribution in [2.75, 3.05) is 6.61 Å². The van der Waals surface area contributed by atoms with Crippen molar-refractivity contribution in [3.8, 4) is 0 Å². The summed E-state index contributed by atoms with van der Waals surface area (Å²) in [6.07, 6.45) is -36.1. The van der Waals surface area contributed by atoms with Gasteiger partial charge in [0.2, 0.25) is 0 Å². The molecular weight excluding hydrogens is 1150 g/mol. The zero-order valence-electron chi connectivity index (χ0n) is 49.4. The van der Waals surface area contributed by atoms with Gasteiger partial charge in [-0.15, -0.1) is 0 Å². The van der Waals surface area contributed by atoms with Crippen molar-refractivity contribution in [1.82, 2.24) is 0 Å². The van der Waals surface area contributed by atoms with E-state index in [9.17, 15) is 79.0 Å². The lowest BCUT2D eigenvalue weighted by Gasteiger charge is -2.59. The van der Waals surface area contributed by atoms with Crippen LogP contribution in [0.4, 0.5) is 0 Å². The largest absolute Gasteiger partial charge is 0.397 e. The second kappa shape index (κ2) is 26.4. The van der Waals surface area contributed by atoms with Gasteiger partial charge in [-0.2, -0.15) is 8.42 Å². The van der Waals surface area contributed by atoms with E-state index < -0.39 is 194 Å². The number of aliphatic hydroxyl groups excluding tert-OH is 12. The van der Waals surface area contributed by atoms with Crippen LogP contribution in [0.25, 0.3) is 0 Å². The molecule has 33 atom stereocenters. The summed E-state index contributed by atoms with van der Waals surface area (Å²) in [6, 6.07) is 0. The Hall–Kier alpha value is -1.86. The predicted molar refractivity (Wildman–Crippen MR) is 289 cm³/mol. The lowest BCUT2D eigenvalue weighted by Crippen LogP contribution is -2.68. The molecule has 9 rings (SSSR count). The molecule has 0 aromatic rings. The lowest BCUT2D eigenvalue weighted by atomic mass is 9.48. The highest BCUT2D eigenvalue weighted by Gasteiger charge is 2.62. The van der Waals surface area contributed by atoms with Crippen molar-refractivity contribution in [1.29, 1.82) is 0 Å². The fourth-order valence-corrected chi connectivity index (χ4v) is 16.0. The van der Waals surface area contributed by atoms with Crippen molar-refractivity contribution < 1.29 is 131 Å². The monoisotopic (exact) mass is 1240 g/mol. The Kier molecular flexibility index (Phi) is 21.0. The summed E-state index contributed by atoms with van der Waals surface area (Å²) in [4.78, 5) is 13.1. The van der Waals surface area contributed by atoms with Crippen LogP contribution < -0.4 is 0 Å². The van der Waals surface area contributed by atoms with Crippen LogP contribution in [0.2, 0.25) is 0 Å². The molecule has 5 heterocycles. The minimum absolute atomic E-state index is 0.0699. The molecule has 4 aliphatic carbocycles. The molecule has 0 bridgehead atoms. The number of rotatable bonds is 17. The van der Waals surface area contributed by atoms with Gasteiger partial charge in [0.1, 0.15) is 97.7 Å². The fourth-order valence-electron chi connectivity index (χ4n) is 15.5. The van der Waals surface area contributed by atoms with Crippen molar-refractivity contribution in [3.63, 3.8) is 0 Å². The molecule has 488 valence electrons. The van der Waals surface area contributed by atoms with Gasteiger partial charge in [-0.3, -0.25) is 9.35 Å². The zero-order chi connectivity index (χ0) is 62.3. The predicted octanol–water partition coefficient (Wildman–Crippen LogP) is -1.48. The molecule has 0 aromatic carbocycles. The number of allylic oxidation sites excluding steroid dienone is 4. The number of ether oxygens (including phenoxy) is 10. The Morgan fingerprint density at radius 3 is 1.68 bits per heavy atom. The average Bonchev–Trinajstić information content (AvgIpc) is 1.77. The van der Waals surface area contributed by atoms with Crippen LogP contribution in [0.15, 0.2) is 23.3 Å². The quantitative estimate of drug-likeness (QED) is 0.0449. The highest BCUT2D eigenvalue weighted by Crippen LogP contribution is 2.67. The molecular formula is C57H92O27S. The third-order valence-corrected chi connectivity index (χ3v) is 20.7. The van der Waals surface area contributed by atoms with Crippen molar-refractivity contribution in [3.05, 3.63) is 23.3 Å². The zero-order valence-corrected chi connectivity index (χ0v) is 50.2. The average molecular weight is 1240 g/mol. The first-order chi connectivity index (χ1) is 39.8. The van der Waals surface area contributed by atoms with Gasteiger partial charge in [-0.05, 0) is 126 Å². The van der Waals surface area contributed by atoms with Gasteiger partial charge in [0.25, 0.3) is 0 Å². The standard InChI is InChI=1S/C57H92O27S/c1-21(2)16-27(59)17-22(3)30-10-11-31-29-19-34(33-18-28(84-85(71,72)73)12-14-57(33,9)32(29)13-15-56(30,31)8)78-53-46(70)48(39(63)26(7)76-53)81-55-50(83-52-44(68)41(65)37(61)24(5)75-52)45(69)47(35(20-58)79-55)80-54-49(42(66)38(62)25(6)77-54)82-51-43(67)40(64)36(60)23(4)74-51/h13,17,21,23-26,28-31,33-55,58,60-70H,10-12,14-16,18-20H2,1-9H3,(H,71,72,73). The van der Waals surface area contributed by atoms with Gasteiger partial charge in [-0.1, -0.05) is 44.9 Å². The number of ketones is 1. The number of aliphatic hydroxyl groups is 12. The maximum atomic E-state index is 13.1. The maximum Gasteiger partial charge on any atom is 0.397 e. The van der Waals surface area contributed by atoms with Crippen LogP contribution in [0.5, 0.6) is 0 Å². The smallest absolute Gasteiger partial charge is 0.394 e. The first-order valence-corrected chi connectivity index (χ1v) is 31.4. The summed E-state index contributed by atoms with van der Waals surface area (Å²) < 4.78 is 101. The summed E-state index contributed by atoms with van der Waals surface area (Å²) in [6.45, 7) is 15.0. The van der Waals surface area contributed by atoms with Gasteiger partial charge in [-0.25, -0.2) is 4.18 Å². The van der Waals surface area contributed by atoms with E-state index in [4.69, 9.17) is 51.6 Å². The number of hydrogen-bond acceptors (Lipinski definition) is 26. The van der Waals surface area contributed by atoms with E-state index in [1.165, 1.54) is 33.3 Å². The molecule has 13 N–H and O–H groups in total. The molecule has 27 nitrogen and oxygen atoms in total. The van der Waals surface area contributed by atoms with E-state index in [1.807, 2.05) is 20.8 Å².